The smallest absolute Gasteiger partial charge is 0.326 e. The fourth-order valence-corrected chi connectivity index (χ4v) is 3.19. The van der Waals surface area contributed by atoms with Gasteiger partial charge in [0.2, 0.25) is 0 Å². The highest BCUT2D eigenvalue weighted by Crippen LogP contribution is 2.08. The molecule has 2 atom stereocenters. The molecule has 13 heteroatoms. The van der Waals surface area contributed by atoms with Crippen LogP contribution in [0.2, 0.25) is 0 Å². The highest BCUT2D eigenvalue weighted by Gasteiger charge is 2.23. The van der Waals surface area contributed by atoms with Gasteiger partial charge in [-0.05, 0) is 44.4 Å². The molecule has 1 rings (SSSR count). The van der Waals surface area contributed by atoms with Gasteiger partial charge in [-0.3, -0.25) is 24.3 Å². The molecule has 2 amide bonds. The van der Waals surface area contributed by atoms with E-state index in [9.17, 15) is 29.1 Å². The van der Waals surface area contributed by atoms with Gasteiger partial charge in [0.1, 0.15) is 6.04 Å². The van der Waals surface area contributed by atoms with E-state index < -0.39 is 48.4 Å². The van der Waals surface area contributed by atoms with Gasteiger partial charge in [0.15, 0.2) is 0 Å². The largest absolute Gasteiger partial charge is 0.481 e. The topological polar surface area (TPSA) is 206 Å². The summed E-state index contributed by atoms with van der Waals surface area (Å²) in [5, 5.41) is 40.7. The van der Waals surface area contributed by atoms with Crippen molar-refractivity contribution < 1.29 is 44.4 Å². The van der Waals surface area contributed by atoms with E-state index in [4.69, 9.17) is 15.3 Å². The van der Waals surface area contributed by atoms with Crippen molar-refractivity contribution in [1.29, 1.82) is 0 Å². The number of hydrogen-bond acceptors (Lipinski definition) is 7. The number of aromatic nitrogens is 1. The fraction of sp³-hybridized carbons (Fsp3) is 0.524. The van der Waals surface area contributed by atoms with Crippen LogP contribution in [-0.4, -0.2) is 85.4 Å². The van der Waals surface area contributed by atoms with Gasteiger partial charge >= 0.3 is 29.9 Å². The summed E-state index contributed by atoms with van der Waals surface area (Å²) in [5.74, 6) is -4.68. The van der Waals surface area contributed by atoms with E-state index in [1.807, 2.05) is 0 Å². The van der Waals surface area contributed by atoms with Crippen LogP contribution >= 0.6 is 0 Å². The molecule has 34 heavy (non-hydrogen) atoms. The van der Waals surface area contributed by atoms with Crippen LogP contribution in [0.1, 0.15) is 44.2 Å². The standard InChI is InChI=1S/C21H30N4O9/c26-17(27)8-7-14(11-18(28)29)23-21(34)24-16(20(32)33)6-2-4-10-25(13-19(30)31)12-15-5-1-3-9-22-15/h1,3,5,9,14,16H,2,4,6-8,10-13H2,(H,26,27)(H,28,29)(H,30,31)(H,32,33)(H2,23,24,34). The van der Waals surface area contributed by atoms with Crippen LogP contribution < -0.4 is 10.6 Å². The minimum absolute atomic E-state index is 0.0615. The number of amides is 2. The summed E-state index contributed by atoms with van der Waals surface area (Å²) in [7, 11) is 0. The zero-order valence-corrected chi connectivity index (χ0v) is 18.6. The van der Waals surface area contributed by atoms with Crippen molar-refractivity contribution in [2.45, 2.75) is 57.2 Å². The maximum Gasteiger partial charge on any atom is 0.326 e. The highest BCUT2D eigenvalue weighted by atomic mass is 16.4. The molecule has 0 spiro atoms. The number of carboxylic acids is 4. The number of carbonyl (C=O) groups is 5. The molecule has 0 fully saturated rings. The van der Waals surface area contributed by atoms with E-state index in [0.717, 1.165) is 0 Å². The summed E-state index contributed by atoms with van der Waals surface area (Å²) in [6.45, 7) is 0.482. The van der Waals surface area contributed by atoms with E-state index in [2.05, 4.69) is 15.6 Å². The number of nitrogens with one attached hydrogen (secondary N) is 2. The number of aliphatic carboxylic acids is 4. The molecule has 6 N–H and O–H groups in total. The van der Waals surface area contributed by atoms with Gasteiger partial charge in [0, 0.05) is 25.2 Å². The Kier molecular flexibility index (Phi) is 12.6. The van der Waals surface area contributed by atoms with Crippen molar-refractivity contribution in [2.75, 3.05) is 13.1 Å². The first-order valence-corrected chi connectivity index (χ1v) is 10.6. The summed E-state index contributed by atoms with van der Waals surface area (Å²) in [6, 6.07) is 2.17. The van der Waals surface area contributed by atoms with E-state index in [1.165, 1.54) is 0 Å². The first kappa shape index (κ1) is 28.3. The van der Waals surface area contributed by atoms with Crippen LogP contribution in [0.4, 0.5) is 4.79 Å². The number of unbranched alkanes of at least 4 members (excludes halogenated alkanes) is 1. The average molecular weight is 482 g/mol. The van der Waals surface area contributed by atoms with E-state index in [0.29, 0.717) is 31.6 Å². The second-order valence-corrected chi connectivity index (χ2v) is 7.66. The van der Waals surface area contributed by atoms with Crippen LogP contribution in [0, 0.1) is 0 Å². The molecule has 0 aliphatic heterocycles. The van der Waals surface area contributed by atoms with Crippen LogP contribution in [0.25, 0.3) is 0 Å². The molecular weight excluding hydrogens is 452 g/mol. The predicted molar refractivity (Wildman–Crippen MR) is 117 cm³/mol. The summed E-state index contributed by atoms with van der Waals surface area (Å²) < 4.78 is 0. The van der Waals surface area contributed by atoms with Crippen LogP contribution in [-0.2, 0) is 25.7 Å². The van der Waals surface area contributed by atoms with Gasteiger partial charge in [-0.25, -0.2) is 9.59 Å². The highest BCUT2D eigenvalue weighted by molar-refractivity contribution is 5.83. The zero-order valence-electron chi connectivity index (χ0n) is 18.6. The molecule has 0 saturated heterocycles. The maximum atomic E-state index is 12.2. The lowest BCUT2D eigenvalue weighted by atomic mass is 10.1. The Balaban J connectivity index is 2.55. The molecule has 2 unspecified atom stereocenters. The molecule has 0 aliphatic carbocycles. The van der Waals surface area contributed by atoms with Gasteiger partial charge in [-0.15, -0.1) is 0 Å². The number of carboxylic acid groups (broad SMARTS) is 4. The predicted octanol–water partition coefficient (Wildman–Crippen LogP) is 0.599. The van der Waals surface area contributed by atoms with Crippen molar-refractivity contribution >= 4 is 29.9 Å². The number of carbonyl (C=O) groups excluding carboxylic acids is 1. The van der Waals surface area contributed by atoms with E-state index in [1.54, 1.807) is 29.3 Å². The van der Waals surface area contributed by atoms with E-state index in [-0.39, 0.29) is 25.8 Å². The minimum Gasteiger partial charge on any atom is -0.481 e. The van der Waals surface area contributed by atoms with Gasteiger partial charge in [-0.2, -0.15) is 0 Å². The summed E-state index contributed by atoms with van der Waals surface area (Å²) in [4.78, 5) is 62.3. The SMILES string of the molecule is O=C(O)CCC(CC(=O)O)NC(=O)NC(CCCCN(CC(=O)O)Cc1ccccn1)C(=O)O. The summed E-state index contributed by atoms with van der Waals surface area (Å²) >= 11 is 0. The molecule has 0 aliphatic rings. The second-order valence-electron chi connectivity index (χ2n) is 7.66. The Labute approximate surface area is 195 Å². The first-order valence-electron chi connectivity index (χ1n) is 10.6. The second kappa shape index (κ2) is 15.2. The van der Waals surface area contributed by atoms with Crippen molar-refractivity contribution in [3.63, 3.8) is 0 Å². The van der Waals surface area contributed by atoms with Crippen LogP contribution in [0.5, 0.6) is 0 Å². The third-order valence-electron chi connectivity index (χ3n) is 4.75. The maximum absolute atomic E-state index is 12.2. The lowest BCUT2D eigenvalue weighted by Gasteiger charge is -2.21. The third kappa shape index (κ3) is 13.0. The summed E-state index contributed by atoms with van der Waals surface area (Å²) in [5.41, 5.74) is 0.698. The molecule has 0 bridgehead atoms. The minimum atomic E-state index is -1.29. The Hall–Kier alpha value is -3.74. The molecule has 0 saturated carbocycles. The number of rotatable bonds is 17. The fourth-order valence-electron chi connectivity index (χ4n) is 3.19. The molecule has 0 aromatic carbocycles. The van der Waals surface area contributed by atoms with Crippen LogP contribution in [0.3, 0.4) is 0 Å². The Morgan fingerprint density at radius 3 is 2.21 bits per heavy atom. The van der Waals surface area contributed by atoms with E-state index >= 15 is 0 Å². The van der Waals surface area contributed by atoms with Crippen molar-refractivity contribution in [2.24, 2.45) is 0 Å². The van der Waals surface area contributed by atoms with Crippen LogP contribution in [0.15, 0.2) is 24.4 Å². The van der Waals surface area contributed by atoms with Crippen molar-refractivity contribution in [3.8, 4) is 0 Å². The van der Waals surface area contributed by atoms with Gasteiger partial charge in [0.25, 0.3) is 0 Å². The Morgan fingerprint density at radius 2 is 1.65 bits per heavy atom. The van der Waals surface area contributed by atoms with Crippen molar-refractivity contribution in [3.05, 3.63) is 30.1 Å². The molecule has 13 nitrogen and oxygen atoms in total. The van der Waals surface area contributed by atoms with Crippen molar-refractivity contribution in [1.82, 2.24) is 20.5 Å². The lowest BCUT2D eigenvalue weighted by Crippen LogP contribution is -2.49. The average Bonchev–Trinajstić information content (AvgIpc) is 2.73. The third-order valence-corrected chi connectivity index (χ3v) is 4.75. The zero-order chi connectivity index (χ0) is 25.5. The number of nitrogens with zero attached hydrogens (tertiary/aromatic N) is 2. The normalized spacial score (nSPS) is 12.5. The number of urea groups is 1. The molecule has 188 valence electrons. The van der Waals surface area contributed by atoms with Gasteiger partial charge in [0.05, 0.1) is 18.7 Å². The van der Waals surface area contributed by atoms with Gasteiger partial charge in [-0.1, -0.05) is 6.07 Å². The molecular formula is C21H30N4O9. The summed E-state index contributed by atoms with van der Waals surface area (Å²) in [6.07, 6.45) is 1.51. The van der Waals surface area contributed by atoms with Gasteiger partial charge < -0.3 is 31.1 Å². The molecule has 1 heterocycles. The molecule has 1 aromatic heterocycles. The number of hydrogen-bond donors (Lipinski definition) is 6. The molecule has 1 aromatic rings. The quantitative estimate of drug-likeness (QED) is 0.169. The monoisotopic (exact) mass is 482 g/mol. The lowest BCUT2D eigenvalue weighted by molar-refractivity contribution is -0.140. The number of pyridine rings is 1. The Morgan fingerprint density at radius 1 is 0.912 bits per heavy atom. The molecule has 0 radical (unpaired) electrons. The Bertz CT molecular complexity index is 835. The first-order chi connectivity index (χ1) is 16.1.